The van der Waals surface area contributed by atoms with Crippen molar-refractivity contribution < 1.29 is 9.53 Å². The highest BCUT2D eigenvalue weighted by Crippen LogP contribution is 2.24. The Labute approximate surface area is 106 Å². The van der Waals surface area contributed by atoms with E-state index in [1.807, 2.05) is 37.3 Å². The van der Waals surface area contributed by atoms with E-state index in [1.165, 1.54) is 0 Å². The van der Waals surface area contributed by atoms with Gasteiger partial charge in [0, 0.05) is 9.80 Å². The molecule has 0 saturated heterocycles. The van der Waals surface area contributed by atoms with Crippen LogP contribution >= 0.6 is 11.8 Å². The molecule has 0 bridgehead atoms. The Morgan fingerprint density at radius 1 is 1.29 bits per heavy atom. The quantitative estimate of drug-likeness (QED) is 0.351. The maximum atomic E-state index is 11.4. The molecule has 0 aliphatic heterocycles. The Morgan fingerprint density at radius 2 is 1.94 bits per heavy atom. The summed E-state index contributed by atoms with van der Waals surface area (Å²) in [6, 6.07) is 9.99. The number of thioether (sulfide) groups is 1. The molecule has 0 saturated carbocycles. The first-order valence-electron chi connectivity index (χ1n) is 5.47. The van der Waals surface area contributed by atoms with E-state index in [-0.39, 0.29) is 5.97 Å². The molecule has 90 valence electrons. The molecule has 0 aromatic heterocycles. The minimum absolute atomic E-state index is 0.305. The van der Waals surface area contributed by atoms with Gasteiger partial charge < -0.3 is 4.74 Å². The molecular formula is C14H16O2S. The zero-order valence-electron chi connectivity index (χ0n) is 10.3. The van der Waals surface area contributed by atoms with E-state index in [0.29, 0.717) is 12.2 Å². The minimum atomic E-state index is -0.305. The molecule has 0 heterocycles. The topological polar surface area (TPSA) is 26.3 Å². The van der Waals surface area contributed by atoms with Gasteiger partial charge in [-0.2, -0.15) is 0 Å². The molecular weight excluding hydrogens is 232 g/mol. The lowest BCUT2D eigenvalue weighted by Gasteiger charge is -2.00. The monoisotopic (exact) mass is 248 g/mol. The molecule has 0 aliphatic rings. The lowest BCUT2D eigenvalue weighted by molar-refractivity contribution is -0.138. The van der Waals surface area contributed by atoms with Gasteiger partial charge in [0.1, 0.15) is 0 Å². The summed E-state index contributed by atoms with van der Waals surface area (Å²) in [4.78, 5) is 13.5. The molecule has 0 atom stereocenters. The minimum Gasteiger partial charge on any atom is -0.462 e. The molecule has 0 fully saturated rings. The number of rotatable bonds is 4. The number of carbonyl (C=O) groups is 1. The lowest BCUT2D eigenvalue weighted by Crippen LogP contribution is -2.04. The van der Waals surface area contributed by atoms with Crippen molar-refractivity contribution in [2.45, 2.75) is 25.7 Å². The van der Waals surface area contributed by atoms with E-state index < -0.39 is 0 Å². The molecule has 0 aliphatic carbocycles. The van der Waals surface area contributed by atoms with E-state index >= 15 is 0 Å². The highest BCUT2D eigenvalue weighted by molar-refractivity contribution is 8.03. The van der Waals surface area contributed by atoms with Crippen LogP contribution in [0.1, 0.15) is 20.8 Å². The summed E-state index contributed by atoms with van der Waals surface area (Å²) >= 11 is 1.58. The molecule has 1 rings (SSSR count). The number of hydrogen-bond donors (Lipinski definition) is 0. The number of hydrogen-bond acceptors (Lipinski definition) is 3. The van der Waals surface area contributed by atoms with E-state index in [2.05, 4.69) is 5.73 Å². The third-order valence-electron chi connectivity index (χ3n) is 1.96. The SMILES string of the molecule is CCOC(=O)C(C)=C=C(C)Sc1ccccc1. The summed E-state index contributed by atoms with van der Waals surface area (Å²) in [6.45, 7) is 5.83. The van der Waals surface area contributed by atoms with Gasteiger partial charge in [-0.05, 0) is 32.9 Å². The molecule has 1 aromatic rings. The molecule has 0 amide bonds. The maximum absolute atomic E-state index is 11.4. The van der Waals surface area contributed by atoms with Crippen molar-refractivity contribution in [1.82, 2.24) is 0 Å². The zero-order chi connectivity index (χ0) is 12.7. The van der Waals surface area contributed by atoms with Crippen LogP contribution in [-0.2, 0) is 9.53 Å². The summed E-state index contributed by atoms with van der Waals surface area (Å²) in [6.07, 6.45) is 0. The zero-order valence-corrected chi connectivity index (χ0v) is 11.1. The van der Waals surface area contributed by atoms with Gasteiger partial charge in [0.05, 0.1) is 12.2 Å². The van der Waals surface area contributed by atoms with Gasteiger partial charge >= 0.3 is 5.97 Å². The summed E-state index contributed by atoms with van der Waals surface area (Å²) in [7, 11) is 0. The lowest BCUT2D eigenvalue weighted by atomic mass is 10.3. The molecule has 3 heteroatoms. The Kier molecular flexibility index (Phi) is 5.61. The fourth-order valence-corrected chi connectivity index (χ4v) is 2.10. The van der Waals surface area contributed by atoms with Gasteiger partial charge in [0.15, 0.2) is 0 Å². The van der Waals surface area contributed by atoms with Crippen molar-refractivity contribution >= 4 is 17.7 Å². The van der Waals surface area contributed by atoms with Crippen LogP contribution < -0.4 is 0 Å². The van der Waals surface area contributed by atoms with E-state index in [4.69, 9.17) is 4.74 Å². The van der Waals surface area contributed by atoms with Crippen LogP contribution in [0.25, 0.3) is 0 Å². The smallest absolute Gasteiger partial charge is 0.341 e. The van der Waals surface area contributed by atoms with Crippen LogP contribution in [-0.4, -0.2) is 12.6 Å². The number of esters is 1. The fourth-order valence-electron chi connectivity index (χ4n) is 1.25. The highest BCUT2D eigenvalue weighted by atomic mass is 32.2. The summed E-state index contributed by atoms with van der Waals surface area (Å²) in [5, 5.41) is 0. The molecule has 0 spiro atoms. The van der Waals surface area contributed by atoms with Crippen molar-refractivity contribution in [2.24, 2.45) is 0 Å². The van der Waals surface area contributed by atoms with E-state index in [9.17, 15) is 4.79 Å². The number of ether oxygens (including phenoxy) is 1. The number of carbonyl (C=O) groups excluding carboxylic acids is 1. The van der Waals surface area contributed by atoms with Crippen molar-refractivity contribution in [3.8, 4) is 0 Å². The molecule has 17 heavy (non-hydrogen) atoms. The van der Waals surface area contributed by atoms with Crippen molar-refractivity contribution in [2.75, 3.05) is 6.61 Å². The van der Waals surface area contributed by atoms with Gasteiger partial charge in [-0.15, -0.1) is 0 Å². The van der Waals surface area contributed by atoms with Gasteiger partial charge in [-0.3, -0.25) is 0 Å². The third-order valence-corrected chi connectivity index (χ3v) is 2.88. The average molecular weight is 248 g/mol. The standard InChI is InChI=1S/C14H16O2S/c1-4-16-14(15)11(2)10-12(3)17-13-8-6-5-7-9-13/h5-9H,4H2,1-3H3. The fraction of sp³-hybridized carbons (Fsp3) is 0.286. The van der Waals surface area contributed by atoms with Crippen molar-refractivity contribution in [3.05, 3.63) is 46.5 Å². The summed E-state index contributed by atoms with van der Waals surface area (Å²) in [5.74, 6) is -0.305. The van der Waals surface area contributed by atoms with Crippen molar-refractivity contribution in [3.63, 3.8) is 0 Å². The van der Waals surface area contributed by atoms with Crippen LogP contribution in [0.3, 0.4) is 0 Å². The average Bonchev–Trinajstić information content (AvgIpc) is 2.30. The van der Waals surface area contributed by atoms with Gasteiger partial charge in [0.2, 0.25) is 0 Å². The maximum Gasteiger partial charge on any atom is 0.341 e. The Balaban J connectivity index is 2.78. The van der Waals surface area contributed by atoms with Crippen LogP contribution in [0.5, 0.6) is 0 Å². The first-order chi connectivity index (χ1) is 8.13. The molecule has 0 N–H and O–H groups in total. The second-order valence-electron chi connectivity index (χ2n) is 3.44. The summed E-state index contributed by atoms with van der Waals surface area (Å²) in [5.41, 5.74) is 3.54. The van der Waals surface area contributed by atoms with E-state index in [0.717, 1.165) is 9.80 Å². The van der Waals surface area contributed by atoms with Crippen LogP contribution in [0.15, 0.2) is 51.4 Å². The van der Waals surface area contributed by atoms with Crippen LogP contribution in [0, 0.1) is 0 Å². The number of benzene rings is 1. The largest absolute Gasteiger partial charge is 0.462 e. The second-order valence-corrected chi connectivity index (χ2v) is 4.73. The predicted molar refractivity (Wildman–Crippen MR) is 70.8 cm³/mol. The molecule has 0 unspecified atom stereocenters. The third kappa shape index (κ3) is 4.94. The van der Waals surface area contributed by atoms with Crippen molar-refractivity contribution in [1.29, 1.82) is 0 Å². The second kappa shape index (κ2) is 7.00. The highest BCUT2D eigenvalue weighted by Gasteiger charge is 2.03. The molecule has 0 radical (unpaired) electrons. The normalized spacial score (nSPS) is 9.35. The van der Waals surface area contributed by atoms with Crippen LogP contribution in [0.4, 0.5) is 0 Å². The molecule has 2 nitrogen and oxygen atoms in total. The Morgan fingerprint density at radius 3 is 2.53 bits per heavy atom. The van der Waals surface area contributed by atoms with Gasteiger partial charge in [0.25, 0.3) is 0 Å². The van der Waals surface area contributed by atoms with E-state index in [1.54, 1.807) is 25.6 Å². The van der Waals surface area contributed by atoms with Crippen LogP contribution in [0.2, 0.25) is 0 Å². The Hall–Kier alpha value is -1.44. The molecule has 1 aromatic carbocycles. The summed E-state index contributed by atoms with van der Waals surface area (Å²) < 4.78 is 4.89. The van der Waals surface area contributed by atoms with Gasteiger partial charge in [-0.1, -0.05) is 35.7 Å². The predicted octanol–water partition coefficient (Wildman–Crippen LogP) is 3.79. The Bertz CT molecular complexity index is 443. The first kappa shape index (κ1) is 13.6. The first-order valence-corrected chi connectivity index (χ1v) is 6.29. The van der Waals surface area contributed by atoms with Gasteiger partial charge in [-0.25, -0.2) is 4.79 Å².